The summed E-state index contributed by atoms with van der Waals surface area (Å²) in [5.41, 5.74) is 0. The molecule has 0 saturated heterocycles. The van der Waals surface area contributed by atoms with Gasteiger partial charge >= 0.3 is 0 Å². The molecule has 0 fully saturated rings. The third-order valence-corrected chi connectivity index (χ3v) is 3.16. The monoisotopic (exact) mass is 214 g/mol. The van der Waals surface area contributed by atoms with Gasteiger partial charge in [-0.1, -0.05) is 13.8 Å². The zero-order chi connectivity index (χ0) is 12.0. The summed E-state index contributed by atoms with van der Waals surface area (Å²) in [5, 5.41) is 3.58. The van der Waals surface area contributed by atoms with Crippen LogP contribution in [0.15, 0.2) is 0 Å². The Morgan fingerprint density at radius 3 is 1.67 bits per heavy atom. The summed E-state index contributed by atoms with van der Waals surface area (Å²) in [5.74, 6) is 0.719. The van der Waals surface area contributed by atoms with Crippen molar-refractivity contribution in [2.24, 2.45) is 5.92 Å². The van der Waals surface area contributed by atoms with Crippen molar-refractivity contribution in [3.63, 3.8) is 0 Å². The normalized spacial score (nSPS) is 14.6. The minimum Gasteiger partial charge on any atom is -0.313 e. The van der Waals surface area contributed by atoms with Crippen molar-refractivity contribution >= 4 is 0 Å². The molecule has 92 valence electrons. The second-order valence-corrected chi connectivity index (χ2v) is 5.41. The number of hydrogen-bond donors (Lipinski definition) is 1. The van der Waals surface area contributed by atoms with Gasteiger partial charge < -0.3 is 5.32 Å². The van der Waals surface area contributed by atoms with Gasteiger partial charge in [-0.15, -0.1) is 0 Å². The zero-order valence-electron chi connectivity index (χ0n) is 11.7. The molecule has 0 unspecified atom stereocenters. The summed E-state index contributed by atoms with van der Waals surface area (Å²) in [7, 11) is 0. The van der Waals surface area contributed by atoms with E-state index in [4.69, 9.17) is 0 Å². The Hall–Kier alpha value is -0.0800. The molecule has 0 aliphatic rings. The first-order valence-corrected chi connectivity index (χ1v) is 6.35. The lowest BCUT2D eigenvalue weighted by molar-refractivity contribution is 0.172. The average molecular weight is 214 g/mol. The van der Waals surface area contributed by atoms with Gasteiger partial charge in [-0.2, -0.15) is 0 Å². The molecule has 0 heterocycles. The van der Waals surface area contributed by atoms with Crippen LogP contribution in [0.2, 0.25) is 0 Å². The van der Waals surface area contributed by atoms with E-state index in [-0.39, 0.29) is 0 Å². The van der Waals surface area contributed by atoms with E-state index in [0.717, 1.165) is 19.0 Å². The fraction of sp³-hybridized carbons (Fsp3) is 1.00. The van der Waals surface area contributed by atoms with Crippen molar-refractivity contribution < 1.29 is 0 Å². The Bertz CT molecular complexity index is 145. The van der Waals surface area contributed by atoms with Gasteiger partial charge in [0, 0.05) is 31.2 Å². The third-order valence-electron chi connectivity index (χ3n) is 3.16. The van der Waals surface area contributed by atoms with Crippen LogP contribution < -0.4 is 5.32 Å². The molecular weight excluding hydrogens is 184 g/mol. The van der Waals surface area contributed by atoms with Gasteiger partial charge in [-0.05, 0) is 40.5 Å². The van der Waals surface area contributed by atoms with Crippen molar-refractivity contribution in [2.75, 3.05) is 13.1 Å². The van der Waals surface area contributed by atoms with Gasteiger partial charge in [0.05, 0.1) is 0 Å². The number of hydrogen-bond acceptors (Lipinski definition) is 2. The van der Waals surface area contributed by atoms with E-state index >= 15 is 0 Å². The summed E-state index contributed by atoms with van der Waals surface area (Å²) < 4.78 is 0. The molecule has 2 heteroatoms. The van der Waals surface area contributed by atoms with Crippen molar-refractivity contribution in [2.45, 2.75) is 66.6 Å². The Morgan fingerprint density at radius 2 is 1.33 bits per heavy atom. The summed E-state index contributed by atoms with van der Waals surface area (Å²) >= 11 is 0. The van der Waals surface area contributed by atoms with Crippen molar-refractivity contribution in [1.29, 1.82) is 0 Å². The van der Waals surface area contributed by atoms with E-state index in [1.807, 2.05) is 0 Å². The van der Waals surface area contributed by atoms with Crippen LogP contribution >= 0.6 is 0 Å². The fourth-order valence-corrected chi connectivity index (χ4v) is 1.77. The highest BCUT2D eigenvalue weighted by atomic mass is 15.2. The standard InChI is InChI=1S/C13H30N2/c1-10(2)13(7)14-8-9-15(11(3)4)12(5)6/h10-14H,8-9H2,1-7H3/t13-/m1/s1. The molecule has 2 nitrogen and oxygen atoms in total. The maximum Gasteiger partial charge on any atom is 0.0112 e. The van der Waals surface area contributed by atoms with Gasteiger partial charge in [0.1, 0.15) is 0 Å². The summed E-state index contributed by atoms with van der Waals surface area (Å²) in [6, 6.07) is 1.90. The molecule has 0 radical (unpaired) electrons. The topological polar surface area (TPSA) is 15.3 Å². The molecule has 1 N–H and O–H groups in total. The van der Waals surface area contributed by atoms with Crippen LogP contribution in [0.4, 0.5) is 0 Å². The highest BCUT2D eigenvalue weighted by Gasteiger charge is 2.13. The molecule has 15 heavy (non-hydrogen) atoms. The highest BCUT2D eigenvalue weighted by molar-refractivity contribution is 4.70. The molecule has 0 amide bonds. The minimum absolute atomic E-state index is 0.617. The van der Waals surface area contributed by atoms with Crippen LogP contribution in [0.1, 0.15) is 48.5 Å². The predicted octanol–water partition coefficient (Wildman–Crippen LogP) is 2.74. The van der Waals surface area contributed by atoms with E-state index in [0.29, 0.717) is 18.1 Å². The summed E-state index contributed by atoms with van der Waals surface area (Å²) in [6.07, 6.45) is 0. The molecule has 0 aromatic rings. The van der Waals surface area contributed by atoms with Crippen LogP contribution in [0.5, 0.6) is 0 Å². The van der Waals surface area contributed by atoms with Crippen LogP contribution in [-0.4, -0.2) is 36.1 Å². The van der Waals surface area contributed by atoms with Crippen molar-refractivity contribution in [1.82, 2.24) is 10.2 Å². The average Bonchev–Trinajstić information content (AvgIpc) is 2.10. The molecule has 1 atom stereocenters. The zero-order valence-corrected chi connectivity index (χ0v) is 11.7. The van der Waals surface area contributed by atoms with E-state index in [2.05, 4.69) is 58.7 Å². The van der Waals surface area contributed by atoms with Gasteiger partial charge in [0.2, 0.25) is 0 Å². The van der Waals surface area contributed by atoms with Gasteiger partial charge in [-0.25, -0.2) is 0 Å². The minimum atomic E-state index is 0.617. The molecule has 0 aliphatic carbocycles. The Balaban J connectivity index is 3.81. The van der Waals surface area contributed by atoms with Crippen LogP contribution in [0.25, 0.3) is 0 Å². The van der Waals surface area contributed by atoms with E-state index in [1.165, 1.54) is 0 Å². The van der Waals surface area contributed by atoms with Crippen LogP contribution in [0.3, 0.4) is 0 Å². The van der Waals surface area contributed by atoms with Gasteiger partial charge in [0.15, 0.2) is 0 Å². The second kappa shape index (κ2) is 7.24. The SMILES string of the molecule is CC(C)[C@@H](C)NCCN(C(C)C)C(C)C. The third kappa shape index (κ3) is 6.16. The Morgan fingerprint density at radius 1 is 0.867 bits per heavy atom. The Labute approximate surface area is 96.4 Å². The molecule has 0 aromatic heterocycles. The van der Waals surface area contributed by atoms with E-state index < -0.39 is 0 Å². The van der Waals surface area contributed by atoms with Crippen LogP contribution in [-0.2, 0) is 0 Å². The number of nitrogens with zero attached hydrogens (tertiary/aromatic N) is 1. The molecule has 0 aromatic carbocycles. The lowest BCUT2D eigenvalue weighted by Gasteiger charge is -2.31. The first-order valence-electron chi connectivity index (χ1n) is 6.35. The highest BCUT2D eigenvalue weighted by Crippen LogP contribution is 2.04. The maximum atomic E-state index is 3.58. The van der Waals surface area contributed by atoms with Gasteiger partial charge in [-0.3, -0.25) is 4.90 Å². The fourth-order valence-electron chi connectivity index (χ4n) is 1.77. The Kier molecular flexibility index (Phi) is 7.20. The second-order valence-electron chi connectivity index (χ2n) is 5.41. The lowest BCUT2D eigenvalue weighted by atomic mass is 10.1. The van der Waals surface area contributed by atoms with Crippen molar-refractivity contribution in [3.8, 4) is 0 Å². The van der Waals surface area contributed by atoms with Crippen LogP contribution in [0, 0.1) is 5.92 Å². The molecule has 0 saturated carbocycles. The van der Waals surface area contributed by atoms with E-state index in [1.54, 1.807) is 0 Å². The molecule has 0 bridgehead atoms. The quantitative estimate of drug-likeness (QED) is 0.701. The smallest absolute Gasteiger partial charge is 0.0112 e. The molecule has 0 spiro atoms. The molecule has 0 rings (SSSR count). The molecule has 0 aliphatic heterocycles. The summed E-state index contributed by atoms with van der Waals surface area (Å²) in [6.45, 7) is 18.1. The predicted molar refractivity (Wildman–Crippen MR) is 69.3 cm³/mol. The largest absolute Gasteiger partial charge is 0.313 e. The first-order chi connectivity index (χ1) is 6.86. The lowest BCUT2D eigenvalue weighted by Crippen LogP contribution is -2.43. The number of nitrogens with one attached hydrogen (secondary N) is 1. The number of rotatable bonds is 7. The first kappa shape index (κ1) is 14.9. The van der Waals surface area contributed by atoms with E-state index in [9.17, 15) is 0 Å². The van der Waals surface area contributed by atoms with Gasteiger partial charge in [0.25, 0.3) is 0 Å². The van der Waals surface area contributed by atoms with Crippen molar-refractivity contribution in [3.05, 3.63) is 0 Å². The summed E-state index contributed by atoms with van der Waals surface area (Å²) in [4.78, 5) is 2.53. The molecular formula is C13H30N2. The maximum absolute atomic E-state index is 3.58.